The van der Waals surface area contributed by atoms with Gasteiger partial charge in [-0.2, -0.15) is 5.10 Å². The Hall–Kier alpha value is -2.66. The molecule has 3 aromatic rings. The maximum absolute atomic E-state index is 12.5. The molecule has 0 bridgehead atoms. The van der Waals surface area contributed by atoms with Gasteiger partial charge < -0.3 is 10.2 Å². The average molecular weight is 294 g/mol. The molecular weight excluding hydrogens is 276 g/mol. The largest absolute Gasteiger partial charge is 0.322 e. The van der Waals surface area contributed by atoms with Gasteiger partial charge in [-0.1, -0.05) is 24.3 Å². The number of carbonyl (C=O) groups excluding carboxylic acids is 1. The Labute approximate surface area is 128 Å². The van der Waals surface area contributed by atoms with Gasteiger partial charge in [0.2, 0.25) is 0 Å². The molecule has 0 saturated carbocycles. The van der Waals surface area contributed by atoms with Crippen LogP contribution in [0.2, 0.25) is 0 Å². The zero-order chi connectivity index (χ0) is 15.5. The summed E-state index contributed by atoms with van der Waals surface area (Å²) in [6, 6.07) is 13.5. The highest BCUT2D eigenvalue weighted by Crippen LogP contribution is 2.18. The number of hydrogen-bond acceptors (Lipinski definition) is 3. The van der Waals surface area contributed by atoms with E-state index in [1.807, 2.05) is 50.5 Å². The molecule has 0 saturated heterocycles. The molecular formula is C17H18N4O. The van der Waals surface area contributed by atoms with Crippen LogP contribution in [-0.2, 0) is 6.54 Å². The summed E-state index contributed by atoms with van der Waals surface area (Å²) in [5, 5.41) is 10.7. The van der Waals surface area contributed by atoms with Crippen molar-refractivity contribution in [1.29, 1.82) is 0 Å². The third-order valence-corrected chi connectivity index (χ3v) is 3.40. The molecule has 112 valence electrons. The molecule has 2 aromatic carbocycles. The van der Waals surface area contributed by atoms with Gasteiger partial charge in [0, 0.05) is 17.6 Å². The molecule has 1 heterocycles. The number of benzene rings is 2. The molecule has 2 N–H and O–H groups in total. The molecule has 0 unspecified atom stereocenters. The summed E-state index contributed by atoms with van der Waals surface area (Å²) in [4.78, 5) is 14.6. The van der Waals surface area contributed by atoms with E-state index in [0.717, 1.165) is 28.7 Å². The standard InChI is InChI=1S/C17H18N4O/c1-21(2)11-12-5-3-7-14(9-12)19-17(22)15-8-4-6-13-10-18-20-16(13)15/h3-10H,11H2,1-2H3,(H,18,20)(H,19,22). The fourth-order valence-corrected chi connectivity index (χ4v) is 2.47. The summed E-state index contributed by atoms with van der Waals surface area (Å²) < 4.78 is 0. The van der Waals surface area contributed by atoms with Crippen molar-refractivity contribution in [3.63, 3.8) is 0 Å². The summed E-state index contributed by atoms with van der Waals surface area (Å²) in [7, 11) is 4.04. The van der Waals surface area contributed by atoms with Crippen molar-refractivity contribution in [3.8, 4) is 0 Å². The van der Waals surface area contributed by atoms with Crippen molar-refractivity contribution >= 4 is 22.5 Å². The number of hydrogen-bond donors (Lipinski definition) is 2. The zero-order valence-electron chi connectivity index (χ0n) is 12.6. The fraction of sp³-hybridized carbons (Fsp3) is 0.176. The van der Waals surface area contributed by atoms with Gasteiger partial charge in [-0.3, -0.25) is 9.89 Å². The molecule has 0 radical (unpaired) electrons. The van der Waals surface area contributed by atoms with Crippen molar-refractivity contribution in [2.24, 2.45) is 0 Å². The Morgan fingerprint density at radius 3 is 2.86 bits per heavy atom. The number of aromatic amines is 1. The van der Waals surface area contributed by atoms with Crippen LogP contribution >= 0.6 is 0 Å². The monoisotopic (exact) mass is 294 g/mol. The van der Waals surface area contributed by atoms with E-state index in [1.165, 1.54) is 0 Å². The van der Waals surface area contributed by atoms with E-state index in [9.17, 15) is 4.79 Å². The number of anilines is 1. The van der Waals surface area contributed by atoms with E-state index in [4.69, 9.17) is 0 Å². The van der Waals surface area contributed by atoms with E-state index in [1.54, 1.807) is 12.3 Å². The molecule has 5 heteroatoms. The minimum absolute atomic E-state index is 0.142. The molecule has 0 aliphatic heterocycles. The molecule has 1 aromatic heterocycles. The molecule has 0 aliphatic carbocycles. The maximum Gasteiger partial charge on any atom is 0.257 e. The van der Waals surface area contributed by atoms with Crippen LogP contribution in [0.3, 0.4) is 0 Å². The zero-order valence-corrected chi connectivity index (χ0v) is 12.6. The number of amides is 1. The molecule has 0 spiro atoms. The number of fused-ring (bicyclic) bond motifs is 1. The number of nitrogens with one attached hydrogen (secondary N) is 2. The van der Waals surface area contributed by atoms with E-state index in [-0.39, 0.29) is 5.91 Å². The quantitative estimate of drug-likeness (QED) is 0.778. The predicted molar refractivity (Wildman–Crippen MR) is 87.9 cm³/mol. The number of nitrogens with zero attached hydrogens (tertiary/aromatic N) is 2. The Bertz CT molecular complexity index is 807. The van der Waals surface area contributed by atoms with Crippen LogP contribution in [0.15, 0.2) is 48.7 Å². The highest BCUT2D eigenvalue weighted by molar-refractivity contribution is 6.11. The van der Waals surface area contributed by atoms with Crippen molar-refractivity contribution in [2.45, 2.75) is 6.54 Å². The second kappa shape index (κ2) is 5.99. The maximum atomic E-state index is 12.5. The van der Waals surface area contributed by atoms with E-state index >= 15 is 0 Å². The number of carbonyl (C=O) groups is 1. The molecule has 1 amide bonds. The van der Waals surface area contributed by atoms with Crippen molar-refractivity contribution in [2.75, 3.05) is 19.4 Å². The van der Waals surface area contributed by atoms with Crippen LogP contribution in [0, 0.1) is 0 Å². The first-order valence-corrected chi connectivity index (χ1v) is 7.10. The van der Waals surface area contributed by atoms with Crippen molar-refractivity contribution in [3.05, 3.63) is 59.8 Å². The van der Waals surface area contributed by atoms with Gasteiger partial charge in [0.15, 0.2) is 0 Å². The second-order valence-corrected chi connectivity index (χ2v) is 5.53. The fourth-order valence-electron chi connectivity index (χ4n) is 2.47. The number of aromatic nitrogens is 2. The number of para-hydroxylation sites is 1. The van der Waals surface area contributed by atoms with Crippen LogP contribution in [0.1, 0.15) is 15.9 Å². The lowest BCUT2D eigenvalue weighted by atomic mass is 10.1. The summed E-state index contributed by atoms with van der Waals surface area (Å²) in [5.74, 6) is -0.142. The van der Waals surface area contributed by atoms with Crippen molar-refractivity contribution < 1.29 is 4.79 Å². The summed E-state index contributed by atoms with van der Waals surface area (Å²) in [6.45, 7) is 0.833. The summed E-state index contributed by atoms with van der Waals surface area (Å²) >= 11 is 0. The Morgan fingerprint density at radius 2 is 2.05 bits per heavy atom. The smallest absolute Gasteiger partial charge is 0.257 e. The van der Waals surface area contributed by atoms with Gasteiger partial charge >= 0.3 is 0 Å². The van der Waals surface area contributed by atoms with Gasteiger partial charge in [0.05, 0.1) is 17.3 Å². The molecule has 0 fully saturated rings. The van der Waals surface area contributed by atoms with Gasteiger partial charge in [-0.25, -0.2) is 0 Å². The van der Waals surface area contributed by atoms with Crippen LogP contribution in [-0.4, -0.2) is 35.1 Å². The van der Waals surface area contributed by atoms with E-state index < -0.39 is 0 Å². The SMILES string of the molecule is CN(C)Cc1cccc(NC(=O)c2cccc3cn[nH]c23)c1. The minimum atomic E-state index is -0.142. The molecule has 5 nitrogen and oxygen atoms in total. The van der Waals surface area contributed by atoms with Crippen molar-refractivity contribution in [1.82, 2.24) is 15.1 Å². The number of H-pyrrole nitrogens is 1. The lowest BCUT2D eigenvalue weighted by Crippen LogP contribution is -2.14. The third-order valence-electron chi connectivity index (χ3n) is 3.40. The average Bonchev–Trinajstić information content (AvgIpc) is 2.95. The van der Waals surface area contributed by atoms with Gasteiger partial charge in [-0.15, -0.1) is 0 Å². The highest BCUT2D eigenvalue weighted by atomic mass is 16.1. The summed E-state index contributed by atoms with van der Waals surface area (Å²) in [5.41, 5.74) is 3.29. The Morgan fingerprint density at radius 1 is 1.23 bits per heavy atom. The highest BCUT2D eigenvalue weighted by Gasteiger charge is 2.11. The summed E-state index contributed by atoms with van der Waals surface area (Å²) in [6.07, 6.45) is 1.71. The first-order chi connectivity index (χ1) is 10.6. The van der Waals surface area contributed by atoms with Crippen LogP contribution in [0.4, 0.5) is 5.69 Å². The molecule has 3 rings (SSSR count). The predicted octanol–water partition coefficient (Wildman–Crippen LogP) is 2.88. The Balaban J connectivity index is 1.84. The number of rotatable bonds is 4. The van der Waals surface area contributed by atoms with Crippen LogP contribution in [0.25, 0.3) is 10.9 Å². The topological polar surface area (TPSA) is 61.0 Å². The molecule has 0 aliphatic rings. The van der Waals surface area contributed by atoms with Crippen LogP contribution in [0.5, 0.6) is 0 Å². The Kier molecular flexibility index (Phi) is 3.89. The molecule has 0 atom stereocenters. The van der Waals surface area contributed by atoms with Gasteiger partial charge in [0.25, 0.3) is 5.91 Å². The lowest BCUT2D eigenvalue weighted by molar-refractivity contribution is 0.102. The minimum Gasteiger partial charge on any atom is -0.322 e. The third kappa shape index (κ3) is 2.99. The normalized spacial score (nSPS) is 11.0. The van der Waals surface area contributed by atoms with E-state index in [0.29, 0.717) is 5.56 Å². The van der Waals surface area contributed by atoms with Gasteiger partial charge in [-0.05, 0) is 37.9 Å². The first-order valence-electron chi connectivity index (χ1n) is 7.10. The second-order valence-electron chi connectivity index (χ2n) is 5.53. The van der Waals surface area contributed by atoms with E-state index in [2.05, 4.69) is 20.4 Å². The lowest BCUT2D eigenvalue weighted by Gasteiger charge is -2.11. The van der Waals surface area contributed by atoms with Gasteiger partial charge in [0.1, 0.15) is 0 Å². The van der Waals surface area contributed by atoms with Crippen LogP contribution < -0.4 is 5.32 Å². The molecule has 22 heavy (non-hydrogen) atoms. The first kappa shape index (κ1) is 14.3.